The fraction of sp³-hybridized carbons (Fsp3) is 0.333. The molecule has 0 aliphatic carbocycles. The van der Waals surface area contributed by atoms with Crippen molar-refractivity contribution >= 4 is 19.8 Å². The second-order valence-electron chi connectivity index (χ2n) is 4.32. The summed E-state index contributed by atoms with van der Waals surface area (Å²) in [5.41, 5.74) is 2.21. The fourth-order valence-electron chi connectivity index (χ4n) is 1.36. The van der Waals surface area contributed by atoms with E-state index in [1.165, 1.54) is 0 Å². The molecule has 0 N–H and O–H groups in total. The third-order valence-electron chi connectivity index (χ3n) is 2.16. The summed E-state index contributed by atoms with van der Waals surface area (Å²) in [5, 5.41) is 0.864. The predicted molar refractivity (Wildman–Crippen MR) is 62.5 cm³/mol. The van der Waals surface area contributed by atoms with Crippen LogP contribution in [0, 0.1) is 0 Å². The fourth-order valence-corrected chi connectivity index (χ4v) is 1.99. The molecule has 0 aliphatic heterocycles. The zero-order valence-electron chi connectivity index (χ0n) is 8.87. The molecule has 1 aromatic rings. The topological polar surface area (TPSA) is 17.1 Å². The van der Waals surface area contributed by atoms with Gasteiger partial charge in [0, 0.05) is 5.30 Å². The molecule has 0 radical (unpaired) electrons. The van der Waals surface area contributed by atoms with Gasteiger partial charge in [0.05, 0.1) is 0 Å². The Bertz CT molecular complexity index is 361. The number of rotatable bonds is 2. The highest BCUT2D eigenvalue weighted by molar-refractivity contribution is 7.34. The lowest BCUT2D eigenvalue weighted by Gasteiger charge is -2.21. The van der Waals surface area contributed by atoms with Crippen molar-refractivity contribution in [3.63, 3.8) is 0 Å². The van der Waals surface area contributed by atoms with Crippen molar-refractivity contribution in [2.75, 3.05) is 0 Å². The first kappa shape index (κ1) is 11.1. The molecule has 0 aromatic heterocycles. The lowest BCUT2D eigenvalue weighted by atomic mass is 9.86. The SMILES string of the molecule is C=Cc1ccc(P=O)c(C(C)(C)C)c1. The van der Waals surface area contributed by atoms with E-state index in [4.69, 9.17) is 0 Å². The Morgan fingerprint density at radius 1 is 1.36 bits per heavy atom. The maximum absolute atomic E-state index is 10.9. The Morgan fingerprint density at radius 2 is 2.00 bits per heavy atom. The standard InChI is InChI=1S/C12H15OP/c1-5-9-6-7-11(14-13)10(8-9)12(2,3)4/h5-8H,1H2,2-4H3. The molecular weight excluding hydrogens is 191 g/mol. The first-order chi connectivity index (χ1) is 6.49. The monoisotopic (exact) mass is 206 g/mol. The summed E-state index contributed by atoms with van der Waals surface area (Å²) in [7, 11) is 0.0865. The molecular formula is C12H15OP. The summed E-state index contributed by atoms with van der Waals surface area (Å²) in [6, 6.07) is 5.88. The molecule has 0 heterocycles. The van der Waals surface area contributed by atoms with Gasteiger partial charge in [0.25, 0.3) is 0 Å². The van der Waals surface area contributed by atoms with E-state index >= 15 is 0 Å². The lowest BCUT2D eigenvalue weighted by molar-refractivity contribution is 0.588. The maximum Gasteiger partial charge on any atom is 0.192 e. The molecule has 0 atom stereocenters. The van der Waals surface area contributed by atoms with Gasteiger partial charge >= 0.3 is 0 Å². The minimum atomic E-state index is 0.0196. The third kappa shape index (κ3) is 2.30. The predicted octanol–water partition coefficient (Wildman–Crippen LogP) is 3.54. The van der Waals surface area contributed by atoms with Crippen LogP contribution in [0.3, 0.4) is 0 Å². The van der Waals surface area contributed by atoms with Crippen molar-refractivity contribution in [3.05, 3.63) is 35.9 Å². The van der Waals surface area contributed by atoms with E-state index in [0.717, 1.165) is 16.4 Å². The van der Waals surface area contributed by atoms with Crippen LogP contribution in [0.1, 0.15) is 31.9 Å². The van der Waals surface area contributed by atoms with Crippen molar-refractivity contribution in [1.82, 2.24) is 0 Å². The van der Waals surface area contributed by atoms with E-state index in [0.29, 0.717) is 0 Å². The zero-order valence-corrected chi connectivity index (χ0v) is 9.77. The van der Waals surface area contributed by atoms with E-state index in [1.54, 1.807) is 6.08 Å². The van der Waals surface area contributed by atoms with Gasteiger partial charge in [-0.05, 0) is 22.6 Å². The molecule has 0 amide bonds. The highest BCUT2D eigenvalue weighted by atomic mass is 31.1. The summed E-state index contributed by atoms with van der Waals surface area (Å²) < 4.78 is 10.9. The highest BCUT2D eigenvalue weighted by Crippen LogP contribution is 2.24. The number of hydrogen-bond acceptors (Lipinski definition) is 1. The Labute approximate surface area is 87.1 Å². The van der Waals surface area contributed by atoms with Gasteiger partial charge in [-0.25, -0.2) is 0 Å². The average Bonchev–Trinajstić information content (AvgIpc) is 2.15. The van der Waals surface area contributed by atoms with Crippen LogP contribution in [-0.4, -0.2) is 0 Å². The van der Waals surface area contributed by atoms with Crippen LogP contribution in [0.4, 0.5) is 0 Å². The van der Waals surface area contributed by atoms with Crippen LogP contribution in [0.5, 0.6) is 0 Å². The quantitative estimate of drug-likeness (QED) is 0.676. The van der Waals surface area contributed by atoms with Gasteiger partial charge in [-0.2, -0.15) is 0 Å². The lowest BCUT2D eigenvalue weighted by Crippen LogP contribution is -2.19. The average molecular weight is 206 g/mol. The van der Waals surface area contributed by atoms with Gasteiger partial charge in [0.1, 0.15) is 0 Å². The number of hydrogen-bond donors (Lipinski definition) is 0. The largest absolute Gasteiger partial charge is 0.269 e. The van der Waals surface area contributed by atoms with Crippen molar-refractivity contribution < 1.29 is 4.57 Å². The molecule has 0 saturated carbocycles. The molecule has 0 fully saturated rings. The van der Waals surface area contributed by atoms with Crippen molar-refractivity contribution in [2.24, 2.45) is 0 Å². The second kappa shape index (κ2) is 4.06. The smallest absolute Gasteiger partial charge is 0.192 e. The molecule has 0 saturated heterocycles. The highest BCUT2D eigenvalue weighted by Gasteiger charge is 2.18. The van der Waals surface area contributed by atoms with Crippen LogP contribution in [-0.2, 0) is 9.98 Å². The molecule has 14 heavy (non-hydrogen) atoms. The molecule has 1 nitrogen and oxygen atoms in total. The van der Waals surface area contributed by atoms with E-state index in [-0.39, 0.29) is 13.9 Å². The molecule has 0 aliphatic rings. The molecule has 0 spiro atoms. The van der Waals surface area contributed by atoms with E-state index in [9.17, 15) is 4.57 Å². The van der Waals surface area contributed by atoms with E-state index < -0.39 is 0 Å². The summed E-state index contributed by atoms with van der Waals surface area (Å²) in [6.07, 6.45) is 1.81. The minimum absolute atomic E-state index is 0.0196. The summed E-state index contributed by atoms with van der Waals surface area (Å²) in [4.78, 5) is 0. The first-order valence-corrected chi connectivity index (χ1v) is 5.40. The van der Waals surface area contributed by atoms with Gasteiger partial charge in [-0.3, -0.25) is 4.57 Å². The summed E-state index contributed by atoms with van der Waals surface area (Å²) in [6.45, 7) is 10.1. The van der Waals surface area contributed by atoms with Gasteiger partial charge in [-0.15, -0.1) is 0 Å². The van der Waals surface area contributed by atoms with Crippen LogP contribution in [0.25, 0.3) is 6.08 Å². The van der Waals surface area contributed by atoms with Gasteiger partial charge < -0.3 is 0 Å². The number of benzene rings is 1. The van der Waals surface area contributed by atoms with Crippen molar-refractivity contribution in [2.45, 2.75) is 26.2 Å². The zero-order chi connectivity index (χ0) is 10.8. The maximum atomic E-state index is 10.9. The Kier molecular flexibility index (Phi) is 3.23. The minimum Gasteiger partial charge on any atom is -0.269 e. The van der Waals surface area contributed by atoms with Crippen molar-refractivity contribution in [1.29, 1.82) is 0 Å². The molecule has 1 aromatic carbocycles. The molecule has 1 rings (SSSR count). The van der Waals surface area contributed by atoms with Gasteiger partial charge in [0.15, 0.2) is 8.46 Å². The first-order valence-electron chi connectivity index (χ1n) is 4.59. The molecule has 74 valence electrons. The molecule has 0 unspecified atom stereocenters. The van der Waals surface area contributed by atoms with Gasteiger partial charge in [-0.1, -0.05) is 45.6 Å². The second-order valence-corrected chi connectivity index (χ2v) is 4.99. The van der Waals surface area contributed by atoms with Crippen LogP contribution < -0.4 is 5.30 Å². The Balaban J connectivity index is 3.36. The Morgan fingerprint density at radius 3 is 2.43 bits per heavy atom. The molecule has 0 bridgehead atoms. The van der Waals surface area contributed by atoms with Crippen LogP contribution in [0.15, 0.2) is 24.8 Å². The summed E-state index contributed by atoms with van der Waals surface area (Å²) in [5.74, 6) is 0. The van der Waals surface area contributed by atoms with Gasteiger partial charge in [0.2, 0.25) is 0 Å². The Hall–Kier alpha value is -0.940. The van der Waals surface area contributed by atoms with Crippen molar-refractivity contribution in [3.8, 4) is 0 Å². The van der Waals surface area contributed by atoms with E-state index in [1.807, 2.05) is 18.2 Å². The summed E-state index contributed by atoms with van der Waals surface area (Å²) >= 11 is 0. The normalized spacial score (nSPS) is 11.6. The van der Waals surface area contributed by atoms with Crippen LogP contribution >= 0.6 is 8.46 Å². The van der Waals surface area contributed by atoms with Crippen LogP contribution in [0.2, 0.25) is 0 Å². The third-order valence-corrected chi connectivity index (χ3v) is 2.75. The molecule has 2 heteroatoms. The van der Waals surface area contributed by atoms with E-state index in [2.05, 4.69) is 27.4 Å².